The predicted molar refractivity (Wildman–Crippen MR) is 124 cm³/mol. The van der Waals surface area contributed by atoms with Crippen molar-refractivity contribution in [2.75, 3.05) is 18.5 Å². The molecule has 3 aromatic rings. The molecule has 0 atom stereocenters. The maximum atomic E-state index is 13.0. The molecule has 0 spiro atoms. The Morgan fingerprint density at radius 3 is 2.69 bits per heavy atom. The molecule has 0 bridgehead atoms. The molecule has 4 rings (SSSR count). The molecule has 0 amide bonds. The Balaban J connectivity index is 1.47. The Hall–Kier alpha value is -3.15. The van der Waals surface area contributed by atoms with Crippen molar-refractivity contribution in [3.63, 3.8) is 0 Å². The van der Waals surface area contributed by atoms with Gasteiger partial charge in [-0.2, -0.15) is 9.41 Å². The zero-order valence-corrected chi connectivity index (χ0v) is 18.7. The first kappa shape index (κ1) is 22.1. The number of sulfonamides is 1. The highest BCUT2D eigenvalue weighted by molar-refractivity contribution is 7.89. The Kier molecular flexibility index (Phi) is 6.58. The van der Waals surface area contributed by atoms with E-state index in [0.717, 1.165) is 19.3 Å². The zero-order valence-electron chi connectivity index (χ0n) is 17.0. The molecule has 0 unspecified atom stereocenters. The lowest BCUT2D eigenvalue weighted by Crippen LogP contribution is -2.35. The van der Waals surface area contributed by atoms with Gasteiger partial charge in [-0.3, -0.25) is 15.5 Å². The molecule has 9 nitrogen and oxygen atoms in total. The average molecular weight is 472 g/mol. The van der Waals surface area contributed by atoms with Gasteiger partial charge in [0, 0.05) is 41.7 Å². The second-order valence-electron chi connectivity index (χ2n) is 7.25. The standard InChI is InChI=1S/C21H21N5O4S2/c27-26(28)18-8-4-6-16(12-18)14-22-24-21-23-20(15-31-21)17-7-5-9-19(13-17)32(29,30)25-10-2-1-3-11-25/h4-9,12-15H,1-3,10-11H2,(H,23,24)/b22-14+. The number of nitrogens with one attached hydrogen (secondary N) is 1. The molecule has 1 aliphatic rings. The lowest BCUT2D eigenvalue weighted by atomic mass is 10.2. The number of hydrogen-bond donors (Lipinski definition) is 1. The van der Waals surface area contributed by atoms with Gasteiger partial charge < -0.3 is 0 Å². The van der Waals surface area contributed by atoms with Crippen molar-refractivity contribution in [1.82, 2.24) is 9.29 Å². The number of rotatable bonds is 7. The Morgan fingerprint density at radius 1 is 1.12 bits per heavy atom. The van der Waals surface area contributed by atoms with Crippen molar-refractivity contribution in [2.24, 2.45) is 5.10 Å². The number of hydrogen-bond acceptors (Lipinski definition) is 8. The molecule has 0 saturated carbocycles. The predicted octanol–water partition coefficient (Wildman–Crippen LogP) is 4.34. The van der Waals surface area contributed by atoms with Crippen LogP contribution in [-0.2, 0) is 10.0 Å². The summed E-state index contributed by atoms with van der Waals surface area (Å²) in [6.07, 6.45) is 4.30. The smallest absolute Gasteiger partial charge is 0.258 e. The molecular formula is C21H21N5O4S2. The van der Waals surface area contributed by atoms with Gasteiger partial charge in [0.1, 0.15) is 0 Å². The van der Waals surface area contributed by atoms with E-state index in [0.29, 0.717) is 35.0 Å². The van der Waals surface area contributed by atoms with Crippen molar-refractivity contribution < 1.29 is 13.3 Å². The van der Waals surface area contributed by atoms with Crippen LogP contribution in [-0.4, -0.2) is 41.9 Å². The van der Waals surface area contributed by atoms with E-state index in [4.69, 9.17) is 0 Å². The highest BCUT2D eigenvalue weighted by Gasteiger charge is 2.26. The first-order valence-electron chi connectivity index (χ1n) is 10.0. The molecule has 2 aromatic carbocycles. The average Bonchev–Trinajstić information content (AvgIpc) is 3.29. The van der Waals surface area contributed by atoms with Crippen molar-refractivity contribution in [1.29, 1.82) is 0 Å². The van der Waals surface area contributed by atoms with Crippen LogP contribution in [0.15, 0.2) is 63.9 Å². The van der Waals surface area contributed by atoms with Crippen LogP contribution in [0.4, 0.5) is 10.8 Å². The first-order valence-corrected chi connectivity index (χ1v) is 12.3. The molecule has 32 heavy (non-hydrogen) atoms. The maximum absolute atomic E-state index is 13.0. The topological polar surface area (TPSA) is 118 Å². The molecule has 1 aromatic heterocycles. The van der Waals surface area contributed by atoms with Crippen LogP contribution in [0.1, 0.15) is 24.8 Å². The van der Waals surface area contributed by atoms with Crippen molar-refractivity contribution in [3.05, 3.63) is 69.6 Å². The number of nitrogens with zero attached hydrogens (tertiary/aromatic N) is 4. The van der Waals surface area contributed by atoms with Gasteiger partial charge in [-0.05, 0) is 25.0 Å². The summed E-state index contributed by atoms with van der Waals surface area (Å²) in [5.41, 5.74) is 4.72. The van der Waals surface area contributed by atoms with Gasteiger partial charge in [-0.15, -0.1) is 11.3 Å². The van der Waals surface area contributed by atoms with E-state index in [-0.39, 0.29) is 10.6 Å². The third kappa shape index (κ3) is 5.01. The molecule has 11 heteroatoms. The lowest BCUT2D eigenvalue weighted by Gasteiger charge is -2.26. The van der Waals surface area contributed by atoms with Gasteiger partial charge in [-0.1, -0.05) is 30.7 Å². The SMILES string of the molecule is O=[N+]([O-])c1cccc(/C=N/Nc2nc(-c3cccc(S(=O)(=O)N4CCCCC4)c3)cs2)c1. The lowest BCUT2D eigenvalue weighted by molar-refractivity contribution is -0.384. The summed E-state index contributed by atoms with van der Waals surface area (Å²) in [7, 11) is -3.52. The number of benzene rings is 2. The van der Waals surface area contributed by atoms with Crippen molar-refractivity contribution in [3.8, 4) is 11.3 Å². The molecule has 0 aliphatic carbocycles. The van der Waals surface area contributed by atoms with Gasteiger partial charge >= 0.3 is 0 Å². The van der Waals surface area contributed by atoms with Gasteiger partial charge in [0.25, 0.3) is 5.69 Å². The van der Waals surface area contributed by atoms with Crippen LogP contribution in [0.2, 0.25) is 0 Å². The van der Waals surface area contributed by atoms with E-state index in [1.165, 1.54) is 29.7 Å². The minimum atomic E-state index is -3.52. The van der Waals surface area contributed by atoms with Crippen LogP contribution in [0.3, 0.4) is 0 Å². The van der Waals surface area contributed by atoms with Gasteiger partial charge in [-0.25, -0.2) is 13.4 Å². The molecule has 1 N–H and O–H groups in total. The van der Waals surface area contributed by atoms with Crippen LogP contribution in [0, 0.1) is 10.1 Å². The fourth-order valence-electron chi connectivity index (χ4n) is 3.41. The minimum absolute atomic E-state index is 0.00938. The summed E-state index contributed by atoms with van der Waals surface area (Å²) in [4.78, 5) is 15.1. The van der Waals surface area contributed by atoms with E-state index in [2.05, 4.69) is 15.5 Å². The summed E-state index contributed by atoms with van der Waals surface area (Å²) in [5.74, 6) is 0. The number of nitro groups is 1. The number of anilines is 1. The van der Waals surface area contributed by atoms with Crippen molar-refractivity contribution >= 4 is 38.4 Å². The highest BCUT2D eigenvalue weighted by atomic mass is 32.2. The van der Waals surface area contributed by atoms with E-state index in [1.54, 1.807) is 34.6 Å². The molecule has 1 saturated heterocycles. The monoisotopic (exact) mass is 471 g/mol. The minimum Gasteiger partial charge on any atom is -0.258 e. The van der Waals surface area contributed by atoms with Gasteiger partial charge in [0.05, 0.1) is 21.7 Å². The van der Waals surface area contributed by atoms with E-state index >= 15 is 0 Å². The fourth-order valence-corrected chi connectivity index (χ4v) is 5.64. The Labute approximate surface area is 189 Å². The summed E-state index contributed by atoms with van der Waals surface area (Å²) >= 11 is 1.32. The third-order valence-corrected chi connectivity index (χ3v) is 7.68. The van der Waals surface area contributed by atoms with Crippen LogP contribution < -0.4 is 5.43 Å². The molecule has 2 heterocycles. The third-order valence-electron chi connectivity index (χ3n) is 5.04. The summed E-state index contributed by atoms with van der Waals surface area (Å²) in [6.45, 7) is 1.11. The number of thiazole rings is 1. The largest absolute Gasteiger partial charge is 0.270 e. The van der Waals surface area contributed by atoms with Crippen LogP contribution in [0.5, 0.6) is 0 Å². The molecule has 0 radical (unpaired) electrons. The van der Waals surface area contributed by atoms with Gasteiger partial charge in [0.2, 0.25) is 15.2 Å². The molecule has 1 fully saturated rings. The second-order valence-corrected chi connectivity index (χ2v) is 10.0. The van der Waals surface area contributed by atoms with Crippen LogP contribution in [0.25, 0.3) is 11.3 Å². The second kappa shape index (κ2) is 9.55. The maximum Gasteiger partial charge on any atom is 0.270 e. The summed E-state index contributed by atoms with van der Waals surface area (Å²) in [6, 6.07) is 12.9. The van der Waals surface area contributed by atoms with Crippen molar-refractivity contribution in [2.45, 2.75) is 24.2 Å². The fraction of sp³-hybridized carbons (Fsp3) is 0.238. The molecular weight excluding hydrogens is 450 g/mol. The quantitative estimate of drug-likeness (QED) is 0.311. The normalized spacial score (nSPS) is 15.1. The Bertz CT molecular complexity index is 1250. The van der Waals surface area contributed by atoms with E-state index < -0.39 is 14.9 Å². The van der Waals surface area contributed by atoms with Gasteiger partial charge in [0.15, 0.2) is 0 Å². The Morgan fingerprint density at radius 2 is 1.91 bits per heavy atom. The van der Waals surface area contributed by atoms with E-state index in [1.807, 2.05) is 11.4 Å². The first-order chi connectivity index (χ1) is 15.4. The number of nitro benzene ring substituents is 1. The number of aromatic nitrogens is 1. The molecule has 1 aliphatic heterocycles. The molecule has 166 valence electrons. The summed E-state index contributed by atoms with van der Waals surface area (Å²) in [5, 5.41) is 17.3. The number of non-ortho nitro benzene ring substituents is 1. The summed E-state index contributed by atoms with van der Waals surface area (Å²) < 4.78 is 27.5. The van der Waals surface area contributed by atoms with E-state index in [9.17, 15) is 18.5 Å². The zero-order chi connectivity index (χ0) is 22.6. The highest BCUT2D eigenvalue weighted by Crippen LogP contribution is 2.28. The number of hydrazone groups is 1. The van der Waals surface area contributed by atoms with Crippen LogP contribution >= 0.6 is 11.3 Å². The number of piperidine rings is 1.